The Labute approximate surface area is 114 Å². The lowest BCUT2D eigenvalue weighted by Gasteiger charge is -2.12. The number of anilines is 1. The van der Waals surface area contributed by atoms with Crippen LogP contribution in [0.4, 0.5) is 5.69 Å². The molecular weight excluding hydrogens is 252 g/mol. The molecule has 1 rings (SSSR count). The van der Waals surface area contributed by atoms with Crippen molar-refractivity contribution >= 4 is 24.0 Å². The predicted molar refractivity (Wildman–Crippen MR) is 76.3 cm³/mol. The van der Waals surface area contributed by atoms with Crippen molar-refractivity contribution in [2.24, 2.45) is 5.73 Å². The van der Waals surface area contributed by atoms with E-state index in [4.69, 9.17) is 10.5 Å². The number of carbonyl (C=O) groups is 1. The second-order valence-electron chi connectivity index (χ2n) is 4.05. The molecule has 18 heavy (non-hydrogen) atoms. The molecule has 0 radical (unpaired) electrons. The summed E-state index contributed by atoms with van der Waals surface area (Å²) in [6.07, 6.45) is 0.944. The highest BCUT2D eigenvalue weighted by atomic mass is 35.5. The average molecular weight is 273 g/mol. The molecule has 0 aromatic heterocycles. The van der Waals surface area contributed by atoms with Gasteiger partial charge >= 0.3 is 0 Å². The van der Waals surface area contributed by atoms with E-state index in [0.717, 1.165) is 12.1 Å². The molecule has 0 saturated heterocycles. The molecule has 1 unspecified atom stereocenters. The van der Waals surface area contributed by atoms with Crippen molar-refractivity contribution in [2.75, 3.05) is 19.0 Å². The first-order chi connectivity index (χ1) is 8.08. The van der Waals surface area contributed by atoms with E-state index >= 15 is 0 Å². The van der Waals surface area contributed by atoms with Crippen molar-refractivity contribution in [2.45, 2.75) is 26.3 Å². The van der Waals surface area contributed by atoms with Gasteiger partial charge in [0.1, 0.15) is 6.04 Å². The van der Waals surface area contributed by atoms with E-state index in [9.17, 15) is 4.79 Å². The first-order valence-electron chi connectivity index (χ1n) is 5.73. The van der Waals surface area contributed by atoms with Gasteiger partial charge in [-0.25, -0.2) is 0 Å². The van der Waals surface area contributed by atoms with Crippen LogP contribution >= 0.6 is 12.4 Å². The lowest BCUT2D eigenvalue weighted by molar-refractivity contribution is -0.118. The maximum atomic E-state index is 11.7. The van der Waals surface area contributed by atoms with Crippen molar-refractivity contribution in [3.63, 3.8) is 0 Å². The number of nitrogens with one attached hydrogen (secondary N) is 1. The molecule has 102 valence electrons. The van der Waals surface area contributed by atoms with Gasteiger partial charge in [-0.15, -0.1) is 12.4 Å². The van der Waals surface area contributed by atoms with Crippen LogP contribution in [0.2, 0.25) is 0 Å². The van der Waals surface area contributed by atoms with Gasteiger partial charge in [0.05, 0.1) is 6.61 Å². The molecule has 5 heteroatoms. The van der Waals surface area contributed by atoms with Crippen molar-refractivity contribution in [1.82, 2.24) is 0 Å². The first kappa shape index (κ1) is 16.9. The summed E-state index contributed by atoms with van der Waals surface area (Å²) in [7, 11) is 1.52. The zero-order valence-electron chi connectivity index (χ0n) is 11.0. The molecule has 0 saturated carbocycles. The minimum absolute atomic E-state index is 0. The molecule has 1 aromatic rings. The number of benzene rings is 1. The summed E-state index contributed by atoms with van der Waals surface area (Å²) >= 11 is 0. The molecule has 0 aliphatic carbocycles. The standard InChI is InChI=1S/C13H20N2O2.ClH/c1-4-10-7-11(6-5-9(10)2)15-13(16)12(14)8-17-3;/h5-7,12H,4,8,14H2,1-3H3,(H,15,16);1H. The van der Waals surface area contributed by atoms with Gasteiger partial charge in [-0.2, -0.15) is 0 Å². The van der Waals surface area contributed by atoms with Gasteiger partial charge in [-0.1, -0.05) is 13.0 Å². The van der Waals surface area contributed by atoms with Gasteiger partial charge in [0.25, 0.3) is 0 Å². The Morgan fingerprint density at radius 1 is 1.50 bits per heavy atom. The Balaban J connectivity index is 0.00000289. The van der Waals surface area contributed by atoms with Crippen molar-refractivity contribution < 1.29 is 9.53 Å². The molecule has 1 amide bonds. The number of hydrogen-bond acceptors (Lipinski definition) is 3. The molecule has 0 bridgehead atoms. The van der Waals surface area contributed by atoms with Crippen LogP contribution in [0, 0.1) is 6.92 Å². The maximum Gasteiger partial charge on any atom is 0.243 e. The van der Waals surface area contributed by atoms with Crippen LogP contribution in [0.1, 0.15) is 18.1 Å². The summed E-state index contributed by atoms with van der Waals surface area (Å²) in [5, 5.41) is 2.78. The van der Waals surface area contributed by atoms with Gasteiger partial charge in [0.15, 0.2) is 0 Å². The number of carbonyl (C=O) groups excluding carboxylic acids is 1. The number of aryl methyl sites for hydroxylation is 2. The Morgan fingerprint density at radius 3 is 2.72 bits per heavy atom. The zero-order chi connectivity index (χ0) is 12.8. The summed E-state index contributed by atoms with van der Waals surface area (Å²) in [5.41, 5.74) is 8.87. The number of rotatable bonds is 5. The molecular formula is C13H21ClN2O2. The van der Waals surface area contributed by atoms with E-state index in [1.165, 1.54) is 18.2 Å². The number of halogens is 1. The van der Waals surface area contributed by atoms with Crippen LogP contribution in [0.15, 0.2) is 18.2 Å². The number of nitrogens with two attached hydrogens (primary N) is 1. The third-order valence-electron chi connectivity index (χ3n) is 2.68. The van der Waals surface area contributed by atoms with Gasteiger partial charge in [-0.05, 0) is 36.6 Å². The first-order valence-corrected chi connectivity index (χ1v) is 5.73. The maximum absolute atomic E-state index is 11.7. The Bertz CT molecular complexity index is 397. The topological polar surface area (TPSA) is 64.4 Å². The lowest BCUT2D eigenvalue weighted by Crippen LogP contribution is -2.39. The molecule has 3 N–H and O–H groups in total. The second-order valence-corrected chi connectivity index (χ2v) is 4.05. The Hall–Kier alpha value is -1.10. The van der Waals surface area contributed by atoms with Gasteiger partial charge in [0, 0.05) is 12.8 Å². The van der Waals surface area contributed by atoms with Gasteiger partial charge in [-0.3, -0.25) is 4.79 Å². The molecule has 0 aliphatic heterocycles. The van der Waals surface area contributed by atoms with Crippen LogP contribution < -0.4 is 11.1 Å². The summed E-state index contributed by atoms with van der Waals surface area (Å²) in [6, 6.07) is 5.22. The lowest BCUT2D eigenvalue weighted by atomic mass is 10.1. The van der Waals surface area contributed by atoms with Gasteiger partial charge < -0.3 is 15.8 Å². The highest BCUT2D eigenvalue weighted by Crippen LogP contribution is 2.15. The average Bonchev–Trinajstić information content (AvgIpc) is 2.31. The quantitative estimate of drug-likeness (QED) is 0.860. The molecule has 0 heterocycles. The van der Waals surface area contributed by atoms with Gasteiger partial charge in [0.2, 0.25) is 5.91 Å². The molecule has 1 aromatic carbocycles. The largest absolute Gasteiger partial charge is 0.383 e. The van der Waals surface area contributed by atoms with E-state index in [2.05, 4.69) is 19.2 Å². The minimum atomic E-state index is -0.633. The van der Waals surface area contributed by atoms with Crippen LogP contribution in [0.5, 0.6) is 0 Å². The third-order valence-corrected chi connectivity index (χ3v) is 2.68. The van der Waals surface area contributed by atoms with E-state index in [1.54, 1.807) is 0 Å². The van der Waals surface area contributed by atoms with Crippen LogP contribution in [0.25, 0.3) is 0 Å². The normalized spacial score (nSPS) is 11.6. The Kier molecular flexibility index (Phi) is 7.59. The third kappa shape index (κ3) is 4.64. The smallest absolute Gasteiger partial charge is 0.243 e. The second kappa shape index (κ2) is 8.08. The predicted octanol–water partition coefficient (Wildman–Crippen LogP) is 1.89. The Morgan fingerprint density at radius 2 is 2.17 bits per heavy atom. The fourth-order valence-electron chi connectivity index (χ4n) is 1.62. The highest BCUT2D eigenvalue weighted by molar-refractivity contribution is 5.94. The SMILES string of the molecule is CCc1cc(NC(=O)C(N)COC)ccc1C.Cl. The number of ether oxygens (including phenoxy) is 1. The van der Waals surface area contributed by atoms with E-state index in [1.807, 2.05) is 18.2 Å². The fraction of sp³-hybridized carbons (Fsp3) is 0.462. The molecule has 0 spiro atoms. The number of methoxy groups -OCH3 is 1. The number of hydrogen-bond donors (Lipinski definition) is 2. The number of amides is 1. The molecule has 0 fully saturated rings. The summed E-state index contributed by atoms with van der Waals surface area (Å²) in [4.78, 5) is 11.7. The van der Waals surface area contributed by atoms with Crippen LogP contribution in [-0.2, 0) is 16.0 Å². The molecule has 1 atom stereocenters. The fourth-order valence-corrected chi connectivity index (χ4v) is 1.62. The molecule has 4 nitrogen and oxygen atoms in total. The minimum Gasteiger partial charge on any atom is -0.383 e. The van der Waals surface area contributed by atoms with Crippen molar-refractivity contribution in [3.8, 4) is 0 Å². The van der Waals surface area contributed by atoms with E-state index in [-0.39, 0.29) is 24.9 Å². The highest BCUT2D eigenvalue weighted by Gasteiger charge is 2.13. The summed E-state index contributed by atoms with van der Waals surface area (Å²) in [5.74, 6) is -0.224. The monoisotopic (exact) mass is 272 g/mol. The van der Waals surface area contributed by atoms with E-state index < -0.39 is 6.04 Å². The summed E-state index contributed by atoms with van der Waals surface area (Å²) < 4.78 is 4.84. The molecule has 0 aliphatic rings. The van der Waals surface area contributed by atoms with E-state index in [0.29, 0.717) is 0 Å². The van der Waals surface area contributed by atoms with Crippen molar-refractivity contribution in [1.29, 1.82) is 0 Å². The van der Waals surface area contributed by atoms with Crippen molar-refractivity contribution in [3.05, 3.63) is 29.3 Å². The zero-order valence-corrected chi connectivity index (χ0v) is 11.8. The summed E-state index contributed by atoms with van der Waals surface area (Å²) in [6.45, 7) is 4.37. The van der Waals surface area contributed by atoms with Crippen LogP contribution in [0.3, 0.4) is 0 Å². The van der Waals surface area contributed by atoms with Crippen LogP contribution in [-0.4, -0.2) is 25.7 Å².